The molecule has 28 heavy (non-hydrogen) atoms. The predicted octanol–water partition coefficient (Wildman–Crippen LogP) is 2.22. The maximum absolute atomic E-state index is 12.3. The smallest absolute Gasteiger partial charge is 0.271 e. The van der Waals surface area contributed by atoms with Gasteiger partial charge in [-0.25, -0.2) is 9.97 Å². The summed E-state index contributed by atoms with van der Waals surface area (Å²) in [5.74, 6) is 0.297. The van der Waals surface area contributed by atoms with Gasteiger partial charge < -0.3 is 20.1 Å². The molecule has 1 heterocycles. The largest absolute Gasteiger partial charge is 0.393 e. The molecule has 1 amide bonds. The average molecular weight is 429 g/mol. The molecule has 2 rings (SSSR count). The predicted molar refractivity (Wildman–Crippen MR) is 110 cm³/mol. The summed E-state index contributed by atoms with van der Waals surface area (Å²) < 4.78 is 10.3. The van der Waals surface area contributed by atoms with Crippen LogP contribution in [-0.2, 0) is 9.47 Å². The number of ether oxygens (including phenoxy) is 2. The van der Waals surface area contributed by atoms with Crippen molar-refractivity contribution >= 4 is 46.4 Å². The van der Waals surface area contributed by atoms with Gasteiger partial charge in [0, 0.05) is 32.3 Å². The Bertz CT molecular complexity index is 800. The Balaban J connectivity index is 2.13. The van der Waals surface area contributed by atoms with Crippen LogP contribution in [0.2, 0.25) is 10.0 Å². The van der Waals surface area contributed by atoms with Gasteiger partial charge in [0.25, 0.3) is 5.91 Å². The summed E-state index contributed by atoms with van der Waals surface area (Å²) in [6.07, 6.45) is 1.35. The molecule has 1 aromatic heterocycles. The number of nitrogens with zero attached hydrogens (tertiary/aromatic N) is 3. The number of nitrogens with one attached hydrogen (secondary N) is 2. The molecule has 0 spiro atoms. The summed E-state index contributed by atoms with van der Waals surface area (Å²) in [6, 6.07) is 4.58. The van der Waals surface area contributed by atoms with Crippen molar-refractivity contribution in [1.29, 1.82) is 0 Å². The van der Waals surface area contributed by atoms with Crippen LogP contribution in [0.1, 0.15) is 10.4 Å². The maximum Gasteiger partial charge on any atom is 0.271 e. The van der Waals surface area contributed by atoms with E-state index in [0.717, 1.165) is 0 Å². The van der Waals surface area contributed by atoms with E-state index in [1.807, 2.05) is 4.90 Å². The van der Waals surface area contributed by atoms with Gasteiger partial charge >= 0.3 is 0 Å². The van der Waals surface area contributed by atoms with Crippen LogP contribution < -0.4 is 21.5 Å². The van der Waals surface area contributed by atoms with Crippen molar-refractivity contribution in [2.24, 2.45) is 0 Å². The quantitative estimate of drug-likeness (QED) is 0.493. The lowest BCUT2D eigenvalue weighted by molar-refractivity contribution is 0.0962. The number of benzene rings is 1. The molecular formula is C17H22Cl2N6O3. The van der Waals surface area contributed by atoms with Crippen molar-refractivity contribution in [3.8, 4) is 0 Å². The number of aromatic nitrogens is 2. The molecule has 4 N–H and O–H groups in total. The Morgan fingerprint density at radius 2 is 1.86 bits per heavy atom. The van der Waals surface area contributed by atoms with E-state index in [0.29, 0.717) is 37.1 Å². The molecule has 0 bridgehead atoms. The number of carbonyl (C=O) groups excluding carboxylic acids is 1. The molecule has 0 radical (unpaired) electrons. The molecule has 1 aromatic carbocycles. The van der Waals surface area contributed by atoms with Crippen LogP contribution in [0.3, 0.4) is 0 Å². The van der Waals surface area contributed by atoms with Crippen LogP contribution in [0.15, 0.2) is 24.5 Å². The second-order valence-electron chi connectivity index (χ2n) is 5.64. The van der Waals surface area contributed by atoms with E-state index < -0.39 is 5.91 Å². The van der Waals surface area contributed by atoms with E-state index in [2.05, 4.69) is 20.8 Å². The zero-order valence-electron chi connectivity index (χ0n) is 15.5. The van der Waals surface area contributed by atoms with Gasteiger partial charge in [-0.3, -0.25) is 15.6 Å². The van der Waals surface area contributed by atoms with Crippen molar-refractivity contribution < 1.29 is 14.3 Å². The first-order valence-corrected chi connectivity index (χ1v) is 9.08. The molecule has 152 valence electrons. The minimum Gasteiger partial charge on any atom is -0.393 e. The summed E-state index contributed by atoms with van der Waals surface area (Å²) >= 11 is 11.9. The number of rotatable bonds is 10. The van der Waals surface area contributed by atoms with E-state index >= 15 is 0 Å². The zero-order valence-corrected chi connectivity index (χ0v) is 17.0. The normalized spacial score (nSPS) is 10.6. The summed E-state index contributed by atoms with van der Waals surface area (Å²) in [5, 5.41) is 0.667. The van der Waals surface area contributed by atoms with Gasteiger partial charge in [0.05, 0.1) is 23.8 Å². The van der Waals surface area contributed by atoms with E-state index in [4.69, 9.17) is 38.4 Å². The first-order valence-electron chi connectivity index (χ1n) is 8.32. The number of amides is 1. The fraction of sp³-hybridized carbons (Fsp3) is 0.353. The minimum absolute atomic E-state index is 0.230. The maximum atomic E-state index is 12.3. The second kappa shape index (κ2) is 10.9. The molecule has 0 unspecified atom stereocenters. The Kier molecular flexibility index (Phi) is 8.52. The Labute approximate surface area is 173 Å². The molecule has 0 atom stereocenters. The van der Waals surface area contributed by atoms with E-state index in [-0.39, 0.29) is 22.1 Å². The number of methoxy groups -OCH3 is 2. The fourth-order valence-corrected chi connectivity index (χ4v) is 2.82. The summed E-state index contributed by atoms with van der Waals surface area (Å²) in [7, 11) is 3.23. The molecule has 0 aliphatic heterocycles. The molecule has 9 nitrogen and oxygen atoms in total. The third-order valence-electron chi connectivity index (χ3n) is 3.76. The molecule has 0 saturated heterocycles. The van der Waals surface area contributed by atoms with Crippen LogP contribution in [-0.4, -0.2) is 56.4 Å². The highest BCUT2D eigenvalue weighted by atomic mass is 35.5. The number of carbonyl (C=O) groups is 1. The van der Waals surface area contributed by atoms with Crippen LogP contribution in [0, 0.1) is 0 Å². The van der Waals surface area contributed by atoms with Crippen LogP contribution in [0.25, 0.3) is 0 Å². The van der Waals surface area contributed by atoms with Crippen molar-refractivity contribution in [2.45, 2.75) is 0 Å². The average Bonchev–Trinajstić information content (AvgIpc) is 2.67. The van der Waals surface area contributed by atoms with E-state index in [1.54, 1.807) is 20.3 Å². The number of hydrogen-bond donors (Lipinski definition) is 3. The monoisotopic (exact) mass is 428 g/mol. The van der Waals surface area contributed by atoms with Gasteiger partial charge in [0.1, 0.15) is 12.0 Å². The SMILES string of the molecule is COCCN(CCOC)c1ncnc(NNC(=O)c2ccc(Cl)cc2Cl)c1N. The summed E-state index contributed by atoms with van der Waals surface area (Å²) in [5.41, 5.74) is 11.9. The van der Waals surface area contributed by atoms with Gasteiger partial charge in [0.15, 0.2) is 11.6 Å². The van der Waals surface area contributed by atoms with Gasteiger partial charge in [0.2, 0.25) is 0 Å². The van der Waals surface area contributed by atoms with Crippen LogP contribution >= 0.6 is 23.2 Å². The van der Waals surface area contributed by atoms with Crippen molar-refractivity contribution in [2.75, 3.05) is 56.6 Å². The van der Waals surface area contributed by atoms with Gasteiger partial charge in [-0.05, 0) is 18.2 Å². The van der Waals surface area contributed by atoms with Gasteiger partial charge in [-0.1, -0.05) is 23.2 Å². The summed E-state index contributed by atoms with van der Waals surface area (Å²) in [6.45, 7) is 2.10. The number of nitrogens with two attached hydrogens (primary N) is 1. The number of halogens is 2. The Morgan fingerprint density at radius 3 is 2.46 bits per heavy atom. The van der Waals surface area contributed by atoms with E-state index in [1.165, 1.54) is 18.5 Å². The molecule has 0 aliphatic rings. The zero-order chi connectivity index (χ0) is 20.5. The Morgan fingerprint density at radius 1 is 1.18 bits per heavy atom. The Hall–Kier alpha value is -2.33. The van der Waals surface area contributed by atoms with Crippen LogP contribution in [0.4, 0.5) is 17.3 Å². The fourth-order valence-electron chi connectivity index (χ4n) is 2.32. The molecule has 2 aromatic rings. The topological polar surface area (TPSA) is 115 Å². The first-order chi connectivity index (χ1) is 13.5. The lowest BCUT2D eigenvalue weighted by Gasteiger charge is -2.25. The van der Waals surface area contributed by atoms with Crippen molar-refractivity contribution in [1.82, 2.24) is 15.4 Å². The summed E-state index contributed by atoms with van der Waals surface area (Å²) in [4.78, 5) is 22.6. The van der Waals surface area contributed by atoms with Crippen molar-refractivity contribution in [3.63, 3.8) is 0 Å². The molecule has 0 fully saturated rings. The lowest BCUT2D eigenvalue weighted by atomic mass is 10.2. The highest BCUT2D eigenvalue weighted by molar-refractivity contribution is 6.36. The molecular weight excluding hydrogens is 407 g/mol. The number of hydrazine groups is 1. The van der Waals surface area contributed by atoms with Crippen LogP contribution in [0.5, 0.6) is 0 Å². The second-order valence-corrected chi connectivity index (χ2v) is 6.48. The third kappa shape index (κ3) is 5.83. The molecule has 11 heteroatoms. The van der Waals surface area contributed by atoms with E-state index in [9.17, 15) is 4.79 Å². The van der Waals surface area contributed by atoms with Gasteiger partial charge in [-0.15, -0.1) is 0 Å². The highest BCUT2D eigenvalue weighted by Gasteiger charge is 2.16. The molecule has 0 saturated carbocycles. The van der Waals surface area contributed by atoms with Gasteiger partial charge in [-0.2, -0.15) is 0 Å². The number of hydrogen-bond acceptors (Lipinski definition) is 8. The first kappa shape index (κ1) is 22.0. The molecule has 0 aliphatic carbocycles. The lowest BCUT2D eigenvalue weighted by Crippen LogP contribution is -2.33. The highest BCUT2D eigenvalue weighted by Crippen LogP contribution is 2.26. The minimum atomic E-state index is -0.461. The number of nitrogen functional groups attached to an aromatic ring is 1. The standard InChI is InChI=1S/C17H22Cl2N6O3/c1-27-7-5-25(6-8-28-2)16-14(20)15(21-10-22-16)23-24-17(26)12-4-3-11(18)9-13(12)19/h3-4,9-10H,5-8,20H2,1-2H3,(H,24,26)(H,21,22,23). The number of anilines is 3. The van der Waals surface area contributed by atoms with Crippen molar-refractivity contribution in [3.05, 3.63) is 40.1 Å². The third-order valence-corrected chi connectivity index (χ3v) is 4.31.